The highest BCUT2D eigenvalue weighted by atomic mass is 19.4. The Bertz CT molecular complexity index is 695. The van der Waals surface area contributed by atoms with Crippen molar-refractivity contribution in [2.45, 2.75) is 18.5 Å². The van der Waals surface area contributed by atoms with Gasteiger partial charge in [-0.2, -0.15) is 13.2 Å². The summed E-state index contributed by atoms with van der Waals surface area (Å²) in [4.78, 5) is 4.05. The summed E-state index contributed by atoms with van der Waals surface area (Å²) >= 11 is 0. The van der Waals surface area contributed by atoms with E-state index in [2.05, 4.69) is 4.99 Å². The Morgan fingerprint density at radius 2 is 1.61 bits per heavy atom. The Morgan fingerprint density at radius 3 is 2.22 bits per heavy atom. The predicted octanol–water partition coefficient (Wildman–Crippen LogP) is 4.56. The van der Waals surface area contributed by atoms with Crippen LogP contribution in [-0.4, -0.2) is 18.6 Å². The van der Waals surface area contributed by atoms with Gasteiger partial charge in [0.1, 0.15) is 0 Å². The van der Waals surface area contributed by atoms with Crippen LogP contribution in [0.15, 0.2) is 59.6 Å². The first-order chi connectivity index (χ1) is 10.9. The average Bonchev–Trinajstić information content (AvgIpc) is 2.55. The molecule has 3 rings (SSSR count). The van der Waals surface area contributed by atoms with Gasteiger partial charge in [-0.1, -0.05) is 30.3 Å². The summed E-state index contributed by atoms with van der Waals surface area (Å²) in [7, 11) is 0. The Balaban J connectivity index is 1.84. The molecule has 0 N–H and O–H groups in total. The van der Waals surface area contributed by atoms with Crippen molar-refractivity contribution in [3.05, 3.63) is 71.3 Å². The summed E-state index contributed by atoms with van der Waals surface area (Å²) < 4.78 is 57.5. The second-order valence-electron chi connectivity index (χ2n) is 5.19. The zero-order valence-corrected chi connectivity index (χ0v) is 11.9. The summed E-state index contributed by atoms with van der Waals surface area (Å²) in [6.45, 7) is -0.0874. The van der Waals surface area contributed by atoms with Gasteiger partial charge in [-0.25, -0.2) is 9.38 Å². The molecular formula is C17H13F4NO. The number of aliphatic imine (C=N–C) groups is 1. The normalized spacial score (nSPS) is 21.5. The Labute approximate surface area is 130 Å². The molecule has 1 unspecified atom stereocenters. The molecule has 2 atom stereocenters. The highest BCUT2D eigenvalue weighted by molar-refractivity contribution is 5.94. The summed E-state index contributed by atoms with van der Waals surface area (Å²) in [5.74, 6) is 0.296. The minimum absolute atomic E-state index is 0.0874. The van der Waals surface area contributed by atoms with Crippen molar-refractivity contribution in [3.8, 4) is 0 Å². The van der Waals surface area contributed by atoms with Gasteiger partial charge < -0.3 is 4.74 Å². The predicted molar refractivity (Wildman–Crippen MR) is 78.0 cm³/mol. The van der Waals surface area contributed by atoms with Crippen LogP contribution in [0.25, 0.3) is 0 Å². The fourth-order valence-corrected chi connectivity index (χ4v) is 2.38. The van der Waals surface area contributed by atoms with Crippen LogP contribution < -0.4 is 0 Å². The van der Waals surface area contributed by atoms with E-state index < -0.39 is 24.0 Å². The first-order valence-electron chi connectivity index (χ1n) is 7.03. The Kier molecular flexibility index (Phi) is 4.07. The molecule has 1 aliphatic heterocycles. The van der Waals surface area contributed by atoms with Gasteiger partial charge in [0.2, 0.25) is 5.90 Å². The van der Waals surface area contributed by atoms with Gasteiger partial charge in [0.25, 0.3) is 0 Å². The molecule has 2 nitrogen and oxygen atoms in total. The number of hydrogen-bond acceptors (Lipinski definition) is 2. The molecule has 2 aromatic carbocycles. The lowest BCUT2D eigenvalue weighted by atomic mass is 10.0. The standard InChI is InChI=1S/C17H13F4NO/c18-14-10-22-16(12-4-2-1-3-5-12)23-15(14)11-6-8-13(9-7-11)17(19,20)21/h1-9,14-15H,10H2/t14-,15?/m0/s1. The van der Waals surface area contributed by atoms with Gasteiger partial charge in [0.15, 0.2) is 12.3 Å². The van der Waals surface area contributed by atoms with E-state index in [9.17, 15) is 17.6 Å². The molecule has 1 heterocycles. The Morgan fingerprint density at radius 1 is 0.957 bits per heavy atom. The molecule has 0 bridgehead atoms. The smallest absolute Gasteiger partial charge is 0.416 e. The molecule has 0 radical (unpaired) electrons. The second-order valence-corrected chi connectivity index (χ2v) is 5.19. The fraction of sp³-hybridized carbons (Fsp3) is 0.235. The highest BCUT2D eigenvalue weighted by Gasteiger charge is 2.33. The maximum absolute atomic E-state index is 14.1. The van der Waals surface area contributed by atoms with E-state index in [1.54, 1.807) is 24.3 Å². The van der Waals surface area contributed by atoms with Gasteiger partial charge in [0.05, 0.1) is 12.1 Å². The zero-order chi connectivity index (χ0) is 16.4. The SMILES string of the molecule is F[C@H]1CN=C(c2ccccc2)OC1c1ccc(C(F)(F)F)cc1. The molecule has 0 fully saturated rings. The summed E-state index contributed by atoms with van der Waals surface area (Å²) in [5.41, 5.74) is 0.287. The highest BCUT2D eigenvalue weighted by Crippen LogP contribution is 2.33. The molecule has 0 aliphatic carbocycles. The number of ether oxygens (including phenoxy) is 1. The number of hydrogen-bond donors (Lipinski definition) is 0. The van der Waals surface area contributed by atoms with Crippen LogP contribution in [0.2, 0.25) is 0 Å². The van der Waals surface area contributed by atoms with Crippen LogP contribution >= 0.6 is 0 Å². The third kappa shape index (κ3) is 3.36. The zero-order valence-electron chi connectivity index (χ0n) is 11.9. The van der Waals surface area contributed by atoms with Gasteiger partial charge >= 0.3 is 6.18 Å². The largest absolute Gasteiger partial charge is 0.466 e. The van der Waals surface area contributed by atoms with E-state index in [4.69, 9.17) is 4.74 Å². The number of nitrogens with zero attached hydrogens (tertiary/aromatic N) is 1. The first-order valence-corrected chi connectivity index (χ1v) is 7.03. The molecule has 0 amide bonds. The molecule has 0 aromatic heterocycles. The lowest BCUT2D eigenvalue weighted by Crippen LogP contribution is -2.29. The molecule has 0 saturated carbocycles. The lowest BCUT2D eigenvalue weighted by molar-refractivity contribution is -0.137. The van der Waals surface area contributed by atoms with Crippen LogP contribution in [0.1, 0.15) is 22.8 Å². The monoisotopic (exact) mass is 323 g/mol. The lowest BCUT2D eigenvalue weighted by Gasteiger charge is -2.27. The molecular weight excluding hydrogens is 310 g/mol. The molecule has 6 heteroatoms. The molecule has 120 valence electrons. The molecule has 2 aromatic rings. The maximum atomic E-state index is 14.1. The second kappa shape index (κ2) is 6.02. The minimum atomic E-state index is -4.42. The number of benzene rings is 2. The molecule has 0 saturated heterocycles. The van der Waals surface area contributed by atoms with Crippen LogP contribution in [0, 0.1) is 0 Å². The summed E-state index contributed by atoms with van der Waals surface area (Å²) in [6, 6.07) is 13.3. The van der Waals surface area contributed by atoms with Crippen molar-refractivity contribution in [3.63, 3.8) is 0 Å². The van der Waals surface area contributed by atoms with Gasteiger partial charge in [0, 0.05) is 5.56 Å². The van der Waals surface area contributed by atoms with E-state index in [1.165, 1.54) is 12.1 Å². The summed E-state index contributed by atoms with van der Waals surface area (Å²) in [6.07, 6.45) is -6.79. The molecule has 23 heavy (non-hydrogen) atoms. The third-order valence-electron chi connectivity index (χ3n) is 3.56. The van der Waals surface area contributed by atoms with Crippen molar-refractivity contribution < 1.29 is 22.3 Å². The van der Waals surface area contributed by atoms with E-state index >= 15 is 0 Å². The van der Waals surface area contributed by atoms with Crippen LogP contribution in [0.5, 0.6) is 0 Å². The number of halogens is 4. The van der Waals surface area contributed by atoms with Crippen LogP contribution in [0.3, 0.4) is 0 Å². The van der Waals surface area contributed by atoms with E-state index in [1.807, 2.05) is 6.07 Å². The number of rotatable bonds is 2. The maximum Gasteiger partial charge on any atom is 0.416 e. The van der Waals surface area contributed by atoms with Crippen molar-refractivity contribution in [2.24, 2.45) is 4.99 Å². The van der Waals surface area contributed by atoms with Crippen molar-refractivity contribution in [1.82, 2.24) is 0 Å². The van der Waals surface area contributed by atoms with Crippen molar-refractivity contribution in [1.29, 1.82) is 0 Å². The number of alkyl halides is 4. The van der Waals surface area contributed by atoms with Crippen LogP contribution in [0.4, 0.5) is 17.6 Å². The summed E-state index contributed by atoms with van der Waals surface area (Å²) in [5, 5.41) is 0. The van der Waals surface area contributed by atoms with E-state index in [0.29, 0.717) is 17.0 Å². The quantitative estimate of drug-likeness (QED) is 0.742. The van der Waals surface area contributed by atoms with Crippen LogP contribution in [-0.2, 0) is 10.9 Å². The third-order valence-corrected chi connectivity index (χ3v) is 3.56. The topological polar surface area (TPSA) is 21.6 Å². The minimum Gasteiger partial charge on any atom is -0.466 e. The van der Waals surface area contributed by atoms with Gasteiger partial charge in [-0.05, 0) is 29.8 Å². The van der Waals surface area contributed by atoms with Crippen molar-refractivity contribution in [2.75, 3.05) is 6.54 Å². The average molecular weight is 323 g/mol. The molecule has 1 aliphatic rings. The van der Waals surface area contributed by atoms with Crippen molar-refractivity contribution >= 4 is 5.90 Å². The fourth-order valence-electron chi connectivity index (χ4n) is 2.38. The van der Waals surface area contributed by atoms with Gasteiger partial charge in [-0.15, -0.1) is 0 Å². The van der Waals surface area contributed by atoms with E-state index in [0.717, 1.165) is 12.1 Å². The Hall–Kier alpha value is -2.37. The molecule has 0 spiro atoms. The van der Waals surface area contributed by atoms with E-state index in [-0.39, 0.29) is 6.54 Å². The van der Waals surface area contributed by atoms with Gasteiger partial charge in [-0.3, -0.25) is 0 Å². The first kappa shape index (κ1) is 15.5.